The molecule has 0 aromatic heterocycles. The van der Waals surface area contributed by atoms with E-state index in [1.54, 1.807) is 12.1 Å². The highest BCUT2D eigenvalue weighted by Gasteiger charge is 2.28. The third-order valence-corrected chi connectivity index (χ3v) is 4.57. The van der Waals surface area contributed by atoms with Gasteiger partial charge in [0.15, 0.2) is 0 Å². The van der Waals surface area contributed by atoms with E-state index >= 15 is 0 Å². The van der Waals surface area contributed by atoms with Gasteiger partial charge in [0.25, 0.3) is 0 Å². The molecule has 1 unspecified atom stereocenters. The second-order valence-electron chi connectivity index (χ2n) is 5.80. The predicted molar refractivity (Wildman–Crippen MR) is 85.6 cm³/mol. The number of hydrogen-bond acceptors (Lipinski definition) is 3. The van der Waals surface area contributed by atoms with Crippen molar-refractivity contribution < 1.29 is 4.39 Å². The Labute approximate surface area is 127 Å². The molecule has 118 valence electrons. The van der Waals surface area contributed by atoms with E-state index in [9.17, 15) is 4.39 Å². The van der Waals surface area contributed by atoms with Crippen LogP contribution in [-0.4, -0.2) is 42.5 Å². The summed E-state index contributed by atoms with van der Waals surface area (Å²) in [5.41, 5.74) is 8.23. The van der Waals surface area contributed by atoms with Crippen molar-refractivity contribution in [3.63, 3.8) is 0 Å². The van der Waals surface area contributed by atoms with E-state index in [-0.39, 0.29) is 11.9 Å². The SMILES string of the molecule is CCN(CC)CCCCN1Cc2ccc(F)cc2C1CN. The number of unbranched alkanes of at least 4 members (excludes halogenated alkanes) is 1. The van der Waals surface area contributed by atoms with E-state index < -0.39 is 0 Å². The van der Waals surface area contributed by atoms with Crippen LogP contribution in [0.2, 0.25) is 0 Å². The second-order valence-corrected chi connectivity index (χ2v) is 5.80. The molecular formula is C17H28FN3. The zero-order valence-corrected chi connectivity index (χ0v) is 13.3. The first-order valence-electron chi connectivity index (χ1n) is 8.14. The van der Waals surface area contributed by atoms with Gasteiger partial charge in [-0.25, -0.2) is 4.39 Å². The Morgan fingerprint density at radius 3 is 2.71 bits per heavy atom. The van der Waals surface area contributed by atoms with E-state index in [2.05, 4.69) is 23.6 Å². The van der Waals surface area contributed by atoms with Gasteiger partial charge in [0.2, 0.25) is 0 Å². The van der Waals surface area contributed by atoms with Crippen molar-refractivity contribution >= 4 is 0 Å². The van der Waals surface area contributed by atoms with Crippen molar-refractivity contribution in [1.29, 1.82) is 0 Å². The molecule has 0 saturated heterocycles. The van der Waals surface area contributed by atoms with Gasteiger partial charge in [-0.15, -0.1) is 0 Å². The highest BCUT2D eigenvalue weighted by Crippen LogP contribution is 2.33. The summed E-state index contributed by atoms with van der Waals surface area (Å²) >= 11 is 0. The molecule has 0 fully saturated rings. The number of benzene rings is 1. The Morgan fingerprint density at radius 1 is 1.29 bits per heavy atom. The van der Waals surface area contributed by atoms with Crippen LogP contribution in [0.5, 0.6) is 0 Å². The lowest BCUT2D eigenvalue weighted by Gasteiger charge is -2.24. The van der Waals surface area contributed by atoms with E-state index in [0.717, 1.165) is 38.3 Å². The minimum atomic E-state index is -0.157. The molecule has 3 nitrogen and oxygen atoms in total. The summed E-state index contributed by atoms with van der Waals surface area (Å²) in [6.07, 6.45) is 2.38. The fourth-order valence-electron chi connectivity index (χ4n) is 3.25. The van der Waals surface area contributed by atoms with Crippen molar-refractivity contribution in [2.24, 2.45) is 5.73 Å². The third kappa shape index (κ3) is 4.02. The van der Waals surface area contributed by atoms with Crippen molar-refractivity contribution in [3.8, 4) is 0 Å². The maximum atomic E-state index is 13.4. The van der Waals surface area contributed by atoms with Gasteiger partial charge in [0, 0.05) is 19.1 Å². The molecule has 1 aromatic carbocycles. The van der Waals surface area contributed by atoms with Crippen LogP contribution in [0.25, 0.3) is 0 Å². The highest BCUT2D eigenvalue weighted by atomic mass is 19.1. The molecule has 0 amide bonds. The van der Waals surface area contributed by atoms with E-state index in [4.69, 9.17) is 5.73 Å². The number of nitrogens with zero attached hydrogens (tertiary/aromatic N) is 2. The largest absolute Gasteiger partial charge is 0.329 e. The summed E-state index contributed by atoms with van der Waals surface area (Å²) in [5, 5.41) is 0. The van der Waals surface area contributed by atoms with Crippen LogP contribution >= 0.6 is 0 Å². The van der Waals surface area contributed by atoms with E-state index in [0.29, 0.717) is 6.54 Å². The maximum absolute atomic E-state index is 13.4. The Kier molecular flexibility index (Phi) is 6.15. The first kappa shape index (κ1) is 16.4. The first-order chi connectivity index (χ1) is 10.2. The normalized spacial score (nSPS) is 18.4. The molecule has 2 N–H and O–H groups in total. The highest BCUT2D eigenvalue weighted by molar-refractivity contribution is 5.34. The van der Waals surface area contributed by atoms with Crippen molar-refractivity contribution in [3.05, 3.63) is 35.1 Å². The van der Waals surface area contributed by atoms with Crippen LogP contribution in [-0.2, 0) is 6.54 Å². The zero-order valence-electron chi connectivity index (χ0n) is 13.3. The molecule has 0 radical (unpaired) electrons. The Hall–Kier alpha value is -0.970. The molecule has 2 rings (SSSR count). The topological polar surface area (TPSA) is 32.5 Å². The predicted octanol–water partition coefficient (Wildman–Crippen LogP) is 2.76. The van der Waals surface area contributed by atoms with Crippen LogP contribution < -0.4 is 5.73 Å². The van der Waals surface area contributed by atoms with Gasteiger partial charge in [-0.3, -0.25) is 4.90 Å². The van der Waals surface area contributed by atoms with Gasteiger partial charge in [-0.2, -0.15) is 0 Å². The zero-order chi connectivity index (χ0) is 15.2. The summed E-state index contributed by atoms with van der Waals surface area (Å²) in [7, 11) is 0. The summed E-state index contributed by atoms with van der Waals surface area (Å²) in [6.45, 7) is 10.3. The molecule has 0 aliphatic carbocycles. The smallest absolute Gasteiger partial charge is 0.123 e. The van der Waals surface area contributed by atoms with Gasteiger partial charge >= 0.3 is 0 Å². The summed E-state index contributed by atoms with van der Waals surface area (Å²) < 4.78 is 13.4. The summed E-state index contributed by atoms with van der Waals surface area (Å²) in [6, 6.07) is 5.30. The Bertz CT molecular complexity index is 446. The lowest BCUT2D eigenvalue weighted by atomic mass is 10.0. The standard InChI is InChI=1S/C17H28FN3/c1-3-20(4-2)9-5-6-10-21-13-14-7-8-15(18)11-16(14)17(21)12-19/h7-8,11,17H,3-6,9-10,12-13,19H2,1-2H3. The van der Waals surface area contributed by atoms with Crippen molar-refractivity contribution in [1.82, 2.24) is 9.80 Å². The monoisotopic (exact) mass is 293 g/mol. The van der Waals surface area contributed by atoms with E-state index in [1.807, 2.05) is 6.07 Å². The number of halogens is 1. The quantitative estimate of drug-likeness (QED) is 0.748. The minimum absolute atomic E-state index is 0.157. The van der Waals surface area contributed by atoms with Gasteiger partial charge < -0.3 is 10.6 Å². The molecule has 4 heteroatoms. The number of rotatable bonds is 8. The lowest BCUT2D eigenvalue weighted by molar-refractivity contribution is 0.208. The molecule has 0 spiro atoms. The maximum Gasteiger partial charge on any atom is 0.123 e. The molecule has 1 aromatic rings. The van der Waals surface area contributed by atoms with Crippen molar-refractivity contribution in [2.75, 3.05) is 32.7 Å². The molecule has 1 heterocycles. The molecule has 0 saturated carbocycles. The molecule has 0 bridgehead atoms. The van der Waals surface area contributed by atoms with Gasteiger partial charge in [0.1, 0.15) is 5.82 Å². The summed E-state index contributed by atoms with van der Waals surface area (Å²) in [5.74, 6) is -0.157. The number of hydrogen-bond donors (Lipinski definition) is 1. The molecule has 1 aliphatic rings. The number of fused-ring (bicyclic) bond motifs is 1. The van der Waals surface area contributed by atoms with Crippen LogP contribution in [0.1, 0.15) is 43.9 Å². The van der Waals surface area contributed by atoms with Crippen LogP contribution in [0.4, 0.5) is 4.39 Å². The van der Waals surface area contributed by atoms with Gasteiger partial charge in [-0.1, -0.05) is 19.9 Å². The van der Waals surface area contributed by atoms with Gasteiger partial charge in [-0.05, 0) is 62.3 Å². The molecule has 1 atom stereocenters. The van der Waals surface area contributed by atoms with Crippen LogP contribution in [0.15, 0.2) is 18.2 Å². The van der Waals surface area contributed by atoms with Gasteiger partial charge in [0.05, 0.1) is 0 Å². The molecular weight excluding hydrogens is 265 g/mol. The summed E-state index contributed by atoms with van der Waals surface area (Å²) in [4.78, 5) is 4.85. The van der Waals surface area contributed by atoms with E-state index in [1.165, 1.54) is 18.4 Å². The molecule has 21 heavy (non-hydrogen) atoms. The minimum Gasteiger partial charge on any atom is -0.329 e. The molecule has 1 aliphatic heterocycles. The second kappa shape index (κ2) is 7.87. The average molecular weight is 293 g/mol. The van der Waals surface area contributed by atoms with Crippen molar-refractivity contribution in [2.45, 2.75) is 39.3 Å². The average Bonchev–Trinajstić information content (AvgIpc) is 2.84. The fourth-order valence-corrected chi connectivity index (χ4v) is 3.25. The third-order valence-electron chi connectivity index (χ3n) is 4.57. The van der Waals surface area contributed by atoms with Crippen LogP contribution in [0, 0.1) is 5.82 Å². The lowest BCUT2D eigenvalue weighted by Crippen LogP contribution is -2.30. The first-order valence-corrected chi connectivity index (χ1v) is 8.14. The Balaban J connectivity index is 1.85. The number of nitrogens with two attached hydrogens (primary N) is 1. The Morgan fingerprint density at radius 2 is 2.05 bits per heavy atom. The fraction of sp³-hybridized carbons (Fsp3) is 0.647. The van der Waals surface area contributed by atoms with Crippen LogP contribution in [0.3, 0.4) is 0 Å².